The molecule has 2 rings (SSSR count). The van der Waals surface area contributed by atoms with E-state index in [0.29, 0.717) is 6.54 Å². The molecule has 0 saturated heterocycles. The van der Waals surface area contributed by atoms with Gasteiger partial charge in [-0.25, -0.2) is 4.68 Å². The molecule has 0 aliphatic carbocycles. The molecule has 0 unspecified atom stereocenters. The van der Waals surface area contributed by atoms with E-state index in [-0.39, 0.29) is 5.69 Å². The Hall–Kier alpha value is -2.14. The van der Waals surface area contributed by atoms with Gasteiger partial charge in [0.05, 0.1) is 5.69 Å². The lowest BCUT2D eigenvalue weighted by Crippen LogP contribution is -2.12. The summed E-state index contributed by atoms with van der Waals surface area (Å²) in [5.74, 6) is -0.530. The first-order valence-electron chi connectivity index (χ1n) is 4.85. The molecule has 1 aromatic heterocycles. The smallest absolute Gasteiger partial charge is 0.269 e. The fraction of sp³-hybridized carbons (Fsp3) is 0.0909. The van der Waals surface area contributed by atoms with Gasteiger partial charge in [0.1, 0.15) is 5.69 Å². The van der Waals surface area contributed by atoms with Crippen LogP contribution in [0.5, 0.6) is 0 Å². The number of rotatable bonds is 3. The third kappa shape index (κ3) is 1.94. The summed E-state index contributed by atoms with van der Waals surface area (Å²) in [5, 5.41) is 4.05. The minimum Gasteiger partial charge on any atom is -0.364 e. The van der Waals surface area contributed by atoms with Crippen LogP contribution in [0.4, 0.5) is 0 Å². The maximum atomic E-state index is 10.9. The average Bonchev–Trinajstić information content (AvgIpc) is 2.78. The molecule has 0 aliphatic rings. The van der Waals surface area contributed by atoms with Gasteiger partial charge in [0.25, 0.3) is 5.91 Å². The van der Waals surface area contributed by atoms with E-state index in [1.165, 1.54) is 0 Å². The van der Waals surface area contributed by atoms with Crippen molar-refractivity contribution in [2.24, 2.45) is 11.5 Å². The number of hydrogen-bond donors (Lipinski definition) is 2. The van der Waals surface area contributed by atoms with E-state index >= 15 is 0 Å². The maximum Gasteiger partial charge on any atom is 0.269 e. The molecule has 1 amide bonds. The Labute approximate surface area is 92.7 Å². The summed E-state index contributed by atoms with van der Waals surface area (Å²) in [7, 11) is 0. The molecule has 0 atom stereocenters. The highest BCUT2D eigenvalue weighted by atomic mass is 16.1. The van der Waals surface area contributed by atoms with Crippen LogP contribution in [0, 0.1) is 0 Å². The number of amides is 1. The van der Waals surface area contributed by atoms with Gasteiger partial charge < -0.3 is 11.5 Å². The summed E-state index contributed by atoms with van der Waals surface area (Å²) in [4.78, 5) is 10.9. The highest BCUT2D eigenvalue weighted by Crippen LogP contribution is 2.09. The van der Waals surface area contributed by atoms with Crippen molar-refractivity contribution in [3.63, 3.8) is 0 Å². The molecule has 1 aromatic carbocycles. The van der Waals surface area contributed by atoms with Gasteiger partial charge >= 0.3 is 0 Å². The second-order valence-corrected chi connectivity index (χ2v) is 3.38. The topological polar surface area (TPSA) is 86.9 Å². The van der Waals surface area contributed by atoms with Crippen molar-refractivity contribution >= 4 is 5.91 Å². The van der Waals surface area contributed by atoms with Crippen molar-refractivity contribution in [1.82, 2.24) is 9.78 Å². The predicted molar refractivity (Wildman–Crippen MR) is 60.0 cm³/mol. The molecule has 16 heavy (non-hydrogen) atoms. The minimum absolute atomic E-state index is 0.253. The first kappa shape index (κ1) is 10.4. The summed E-state index contributed by atoms with van der Waals surface area (Å²) in [5.41, 5.74) is 12.8. The number of carbonyl (C=O) groups is 1. The third-order valence-electron chi connectivity index (χ3n) is 2.28. The second-order valence-electron chi connectivity index (χ2n) is 3.38. The van der Waals surface area contributed by atoms with Gasteiger partial charge in [-0.15, -0.1) is 0 Å². The fourth-order valence-corrected chi connectivity index (χ4v) is 1.38. The number of carbonyl (C=O) groups excluding carboxylic acids is 1. The molecule has 0 saturated carbocycles. The second kappa shape index (κ2) is 4.16. The molecular formula is C11H12N4O. The van der Waals surface area contributed by atoms with Gasteiger partial charge in [-0.05, 0) is 23.8 Å². The molecule has 0 bridgehead atoms. The number of benzene rings is 1. The van der Waals surface area contributed by atoms with Crippen LogP contribution in [0.15, 0.2) is 36.5 Å². The van der Waals surface area contributed by atoms with Crippen LogP contribution >= 0.6 is 0 Å². The van der Waals surface area contributed by atoms with Gasteiger partial charge in [0, 0.05) is 12.7 Å². The monoisotopic (exact) mass is 216 g/mol. The average molecular weight is 216 g/mol. The van der Waals surface area contributed by atoms with Gasteiger partial charge in [-0.3, -0.25) is 4.79 Å². The van der Waals surface area contributed by atoms with E-state index in [1.54, 1.807) is 16.9 Å². The number of hydrogen-bond acceptors (Lipinski definition) is 3. The Morgan fingerprint density at radius 3 is 2.44 bits per heavy atom. The van der Waals surface area contributed by atoms with E-state index < -0.39 is 5.91 Å². The Morgan fingerprint density at radius 1 is 1.25 bits per heavy atom. The Morgan fingerprint density at radius 2 is 1.94 bits per heavy atom. The van der Waals surface area contributed by atoms with Gasteiger partial charge in [-0.1, -0.05) is 12.1 Å². The van der Waals surface area contributed by atoms with Gasteiger partial charge in [0.15, 0.2) is 0 Å². The summed E-state index contributed by atoms with van der Waals surface area (Å²) >= 11 is 0. The zero-order valence-corrected chi connectivity index (χ0v) is 8.63. The van der Waals surface area contributed by atoms with Crippen LogP contribution < -0.4 is 11.5 Å². The summed E-state index contributed by atoms with van der Waals surface area (Å²) in [6, 6.07) is 9.20. The van der Waals surface area contributed by atoms with Crippen LogP contribution in [0.1, 0.15) is 16.1 Å². The lowest BCUT2D eigenvalue weighted by Gasteiger charge is -2.02. The van der Waals surface area contributed by atoms with Crippen molar-refractivity contribution in [2.75, 3.05) is 0 Å². The van der Waals surface area contributed by atoms with E-state index in [2.05, 4.69) is 5.10 Å². The summed E-state index contributed by atoms with van der Waals surface area (Å²) in [6.45, 7) is 0.506. The lowest BCUT2D eigenvalue weighted by atomic mass is 10.2. The van der Waals surface area contributed by atoms with Crippen molar-refractivity contribution in [3.05, 3.63) is 47.8 Å². The summed E-state index contributed by atoms with van der Waals surface area (Å²) in [6.07, 6.45) is 1.69. The Kier molecular flexibility index (Phi) is 2.70. The zero-order chi connectivity index (χ0) is 11.5. The largest absolute Gasteiger partial charge is 0.364 e. The number of nitrogens with zero attached hydrogens (tertiary/aromatic N) is 2. The first-order valence-corrected chi connectivity index (χ1v) is 4.85. The first-order chi connectivity index (χ1) is 7.70. The van der Waals surface area contributed by atoms with Crippen molar-refractivity contribution < 1.29 is 4.79 Å². The van der Waals surface area contributed by atoms with Crippen LogP contribution in [0.3, 0.4) is 0 Å². The highest BCUT2D eigenvalue weighted by molar-refractivity contribution is 5.90. The molecule has 0 aliphatic heterocycles. The quantitative estimate of drug-likeness (QED) is 0.780. The normalized spacial score (nSPS) is 10.3. The molecule has 5 nitrogen and oxygen atoms in total. The van der Waals surface area contributed by atoms with E-state index in [9.17, 15) is 4.79 Å². The van der Waals surface area contributed by atoms with E-state index in [4.69, 9.17) is 11.5 Å². The van der Waals surface area contributed by atoms with Gasteiger partial charge in [-0.2, -0.15) is 5.10 Å². The van der Waals surface area contributed by atoms with Crippen LogP contribution in [0.25, 0.3) is 5.69 Å². The van der Waals surface area contributed by atoms with Crippen molar-refractivity contribution in [3.8, 4) is 5.69 Å². The Bertz CT molecular complexity index is 501. The number of nitrogens with two attached hydrogens (primary N) is 2. The van der Waals surface area contributed by atoms with E-state index in [1.807, 2.05) is 24.3 Å². The molecule has 1 heterocycles. The molecule has 4 N–H and O–H groups in total. The molecule has 0 radical (unpaired) electrons. The molecule has 5 heteroatoms. The van der Waals surface area contributed by atoms with Crippen molar-refractivity contribution in [1.29, 1.82) is 0 Å². The standard InChI is InChI=1S/C11H12N4O/c12-7-8-1-3-9(4-2-8)15-6-5-10(14-15)11(13)16/h1-6H,7,12H2,(H2,13,16). The number of aromatic nitrogens is 2. The fourth-order valence-electron chi connectivity index (χ4n) is 1.38. The molecule has 0 fully saturated rings. The highest BCUT2D eigenvalue weighted by Gasteiger charge is 2.05. The third-order valence-corrected chi connectivity index (χ3v) is 2.28. The molecule has 0 spiro atoms. The SMILES string of the molecule is NCc1ccc(-n2ccc(C(N)=O)n2)cc1. The van der Waals surface area contributed by atoms with Gasteiger partial charge in [0.2, 0.25) is 0 Å². The predicted octanol–water partition coefficient (Wildman–Crippen LogP) is 0.430. The maximum absolute atomic E-state index is 10.9. The zero-order valence-electron chi connectivity index (χ0n) is 8.63. The Balaban J connectivity index is 2.31. The molecular weight excluding hydrogens is 204 g/mol. The minimum atomic E-state index is -0.530. The lowest BCUT2D eigenvalue weighted by molar-refractivity contribution is 0.0995. The van der Waals surface area contributed by atoms with Crippen LogP contribution in [-0.4, -0.2) is 15.7 Å². The van der Waals surface area contributed by atoms with Crippen molar-refractivity contribution in [2.45, 2.75) is 6.54 Å². The summed E-state index contributed by atoms with van der Waals surface area (Å²) < 4.78 is 1.60. The van der Waals surface area contributed by atoms with Crippen LogP contribution in [-0.2, 0) is 6.54 Å². The molecule has 2 aromatic rings. The van der Waals surface area contributed by atoms with Crippen LogP contribution in [0.2, 0.25) is 0 Å². The molecule has 82 valence electrons. The van der Waals surface area contributed by atoms with E-state index in [0.717, 1.165) is 11.3 Å². The number of primary amides is 1.